The number of aliphatic hydroxyl groups is 1. The molecule has 0 spiro atoms. The first-order chi connectivity index (χ1) is 6.41. The van der Waals surface area contributed by atoms with Crippen LogP contribution in [0.1, 0.15) is 45.4 Å². The van der Waals surface area contributed by atoms with Gasteiger partial charge in [0.15, 0.2) is 0 Å². The second kappa shape index (κ2) is 11.4. The smallest absolute Gasteiger partial charge is 0.0465 e. The van der Waals surface area contributed by atoms with E-state index in [0.717, 1.165) is 12.8 Å². The van der Waals surface area contributed by atoms with E-state index in [4.69, 9.17) is 5.11 Å². The second-order valence-electron chi connectivity index (χ2n) is 3.19. The maximum Gasteiger partial charge on any atom is 0.0465 e. The Hall–Kier alpha value is -0.560. The van der Waals surface area contributed by atoms with Gasteiger partial charge in [0, 0.05) is 6.61 Å². The van der Waals surface area contributed by atoms with Crippen LogP contribution in [-0.4, -0.2) is 11.7 Å². The molecule has 0 heterocycles. The highest BCUT2D eigenvalue weighted by molar-refractivity contribution is 4.92. The first-order valence-corrected chi connectivity index (χ1v) is 5.32. The lowest BCUT2D eigenvalue weighted by Gasteiger charge is -1.90. The van der Waals surface area contributed by atoms with Crippen molar-refractivity contribution in [2.75, 3.05) is 6.61 Å². The molecule has 76 valence electrons. The fourth-order valence-corrected chi connectivity index (χ4v) is 1.09. The van der Waals surface area contributed by atoms with Crippen molar-refractivity contribution in [1.29, 1.82) is 0 Å². The zero-order valence-corrected chi connectivity index (χ0v) is 8.71. The van der Waals surface area contributed by atoms with Crippen LogP contribution in [0.3, 0.4) is 0 Å². The predicted molar refractivity (Wildman–Crippen MR) is 58.7 cm³/mol. The number of hydrogen-bond acceptors (Lipinski definition) is 1. The summed E-state index contributed by atoms with van der Waals surface area (Å²) in [4.78, 5) is 0. The molecule has 0 unspecified atom stereocenters. The lowest BCUT2D eigenvalue weighted by atomic mass is 10.2. The predicted octanol–water partition coefficient (Wildman–Crippen LogP) is 3.45. The molecule has 0 radical (unpaired) electrons. The minimum atomic E-state index is 0.261. The average molecular weight is 182 g/mol. The van der Waals surface area contributed by atoms with Crippen LogP contribution in [0.4, 0.5) is 0 Å². The first-order valence-electron chi connectivity index (χ1n) is 5.32. The van der Waals surface area contributed by atoms with Crippen molar-refractivity contribution < 1.29 is 5.11 Å². The van der Waals surface area contributed by atoms with Crippen molar-refractivity contribution in [3.63, 3.8) is 0 Å². The van der Waals surface area contributed by atoms with E-state index in [-0.39, 0.29) is 6.61 Å². The van der Waals surface area contributed by atoms with Gasteiger partial charge in [-0.3, -0.25) is 0 Å². The van der Waals surface area contributed by atoms with E-state index >= 15 is 0 Å². The van der Waals surface area contributed by atoms with Gasteiger partial charge in [-0.1, -0.05) is 44.1 Å². The van der Waals surface area contributed by atoms with Crippen LogP contribution in [0.15, 0.2) is 24.3 Å². The third-order valence-electron chi connectivity index (χ3n) is 1.88. The molecule has 13 heavy (non-hydrogen) atoms. The summed E-state index contributed by atoms with van der Waals surface area (Å²) in [5.41, 5.74) is 0. The van der Waals surface area contributed by atoms with Gasteiger partial charge in [-0.15, -0.1) is 0 Å². The van der Waals surface area contributed by atoms with Crippen molar-refractivity contribution in [3.05, 3.63) is 24.3 Å². The quantitative estimate of drug-likeness (QED) is 0.450. The molecule has 0 aromatic heterocycles. The number of aliphatic hydroxyl groups excluding tert-OH is 1. The maximum absolute atomic E-state index is 8.50. The van der Waals surface area contributed by atoms with Crippen molar-refractivity contribution in [2.45, 2.75) is 45.4 Å². The molecule has 0 amide bonds. The molecule has 0 saturated carbocycles. The van der Waals surface area contributed by atoms with Gasteiger partial charge < -0.3 is 5.11 Å². The summed E-state index contributed by atoms with van der Waals surface area (Å²) >= 11 is 0. The number of unbranched alkanes of at least 4 members (excludes halogenated alkanes) is 3. The Bertz CT molecular complexity index is 136. The average Bonchev–Trinajstić information content (AvgIpc) is 2.16. The standard InChI is InChI=1S/C12H22O/c1-2-3-4-5-6-7-8-9-10-11-12-13/h6-7,9-10,13H,2-5,8,11-12H2,1H3. The van der Waals surface area contributed by atoms with Crippen molar-refractivity contribution in [3.8, 4) is 0 Å². The summed E-state index contributed by atoms with van der Waals surface area (Å²) in [7, 11) is 0. The largest absolute Gasteiger partial charge is 0.396 e. The molecule has 1 heteroatoms. The fourth-order valence-electron chi connectivity index (χ4n) is 1.09. The Kier molecular flexibility index (Phi) is 10.9. The van der Waals surface area contributed by atoms with Crippen LogP contribution in [0.5, 0.6) is 0 Å². The second-order valence-corrected chi connectivity index (χ2v) is 3.19. The van der Waals surface area contributed by atoms with E-state index in [0.29, 0.717) is 0 Å². The molecule has 0 aromatic rings. The van der Waals surface area contributed by atoms with E-state index in [1.807, 2.05) is 6.08 Å². The highest BCUT2D eigenvalue weighted by Crippen LogP contribution is 2.00. The lowest BCUT2D eigenvalue weighted by Crippen LogP contribution is -1.74. The maximum atomic E-state index is 8.50. The highest BCUT2D eigenvalue weighted by atomic mass is 16.2. The van der Waals surface area contributed by atoms with Crippen LogP contribution < -0.4 is 0 Å². The number of rotatable bonds is 8. The molecule has 0 rings (SSSR count). The fraction of sp³-hybridized carbons (Fsp3) is 0.667. The first kappa shape index (κ1) is 12.4. The van der Waals surface area contributed by atoms with Gasteiger partial charge in [0.25, 0.3) is 0 Å². The van der Waals surface area contributed by atoms with Gasteiger partial charge >= 0.3 is 0 Å². The Morgan fingerprint density at radius 3 is 2.23 bits per heavy atom. The number of allylic oxidation sites excluding steroid dienone is 3. The molecule has 0 aliphatic carbocycles. The van der Waals surface area contributed by atoms with Crippen LogP contribution in [0, 0.1) is 0 Å². The summed E-state index contributed by atoms with van der Waals surface area (Å²) in [6.45, 7) is 2.48. The van der Waals surface area contributed by atoms with Gasteiger partial charge in [-0.05, 0) is 25.7 Å². The Labute approximate surface area is 82.2 Å². The van der Waals surface area contributed by atoms with E-state index in [2.05, 4.69) is 25.2 Å². The van der Waals surface area contributed by atoms with Gasteiger partial charge in [0.05, 0.1) is 0 Å². The third kappa shape index (κ3) is 11.4. The summed E-state index contributed by atoms with van der Waals surface area (Å²) in [5.74, 6) is 0. The van der Waals surface area contributed by atoms with Crippen LogP contribution in [-0.2, 0) is 0 Å². The Morgan fingerprint density at radius 1 is 0.923 bits per heavy atom. The molecule has 0 atom stereocenters. The highest BCUT2D eigenvalue weighted by Gasteiger charge is 1.80. The molecule has 0 saturated heterocycles. The zero-order chi connectivity index (χ0) is 9.78. The molecule has 0 bridgehead atoms. The monoisotopic (exact) mass is 182 g/mol. The summed E-state index contributed by atoms with van der Waals surface area (Å²) in [6.07, 6.45) is 15.5. The van der Waals surface area contributed by atoms with E-state index < -0.39 is 0 Å². The van der Waals surface area contributed by atoms with Gasteiger partial charge in [-0.25, -0.2) is 0 Å². The Morgan fingerprint density at radius 2 is 1.62 bits per heavy atom. The summed E-state index contributed by atoms with van der Waals surface area (Å²) < 4.78 is 0. The van der Waals surface area contributed by atoms with Crippen LogP contribution in [0.25, 0.3) is 0 Å². The van der Waals surface area contributed by atoms with Crippen LogP contribution >= 0.6 is 0 Å². The van der Waals surface area contributed by atoms with E-state index in [9.17, 15) is 0 Å². The minimum Gasteiger partial charge on any atom is -0.396 e. The van der Waals surface area contributed by atoms with Crippen LogP contribution in [0.2, 0.25) is 0 Å². The normalized spacial score (nSPS) is 11.8. The topological polar surface area (TPSA) is 20.2 Å². The van der Waals surface area contributed by atoms with E-state index in [1.54, 1.807) is 0 Å². The number of hydrogen-bond donors (Lipinski definition) is 1. The van der Waals surface area contributed by atoms with Gasteiger partial charge in [0.2, 0.25) is 0 Å². The summed E-state index contributed by atoms with van der Waals surface area (Å²) in [6, 6.07) is 0. The SMILES string of the molecule is CCCCCC=CCC=CCCO. The minimum absolute atomic E-state index is 0.261. The third-order valence-corrected chi connectivity index (χ3v) is 1.88. The zero-order valence-electron chi connectivity index (χ0n) is 8.71. The van der Waals surface area contributed by atoms with E-state index in [1.165, 1.54) is 25.7 Å². The van der Waals surface area contributed by atoms with Crippen molar-refractivity contribution in [2.24, 2.45) is 0 Å². The molecule has 1 N–H and O–H groups in total. The molecule has 0 aromatic carbocycles. The lowest BCUT2D eigenvalue weighted by molar-refractivity contribution is 0.302. The van der Waals surface area contributed by atoms with Gasteiger partial charge in [-0.2, -0.15) is 0 Å². The molecule has 0 aliphatic heterocycles. The molecular weight excluding hydrogens is 160 g/mol. The molecule has 1 nitrogen and oxygen atoms in total. The van der Waals surface area contributed by atoms with Crippen molar-refractivity contribution in [1.82, 2.24) is 0 Å². The van der Waals surface area contributed by atoms with Crippen molar-refractivity contribution >= 4 is 0 Å². The molecule has 0 aliphatic rings. The van der Waals surface area contributed by atoms with Gasteiger partial charge in [0.1, 0.15) is 0 Å². The summed E-state index contributed by atoms with van der Waals surface area (Å²) in [5, 5.41) is 8.50. The Balaban J connectivity index is 3.11. The molecule has 0 fully saturated rings. The molecular formula is C12H22O.